The molecular weight excluding hydrogens is 495 g/mol. The van der Waals surface area contributed by atoms with Crippen LogP contribution in [-0.2, 0) is 32.5 Å². The van der Waals surface area contributed by atoms with E-state index < -0.39 is 20.4 Å². The van der Waals surface area contributed by atoms with E-state index >= 15 is 0 Å². The lowest BCUT2D eigenvalue weighted by atomic mass is 9.97. The van der Waals surface area contributed by atoms with Crippen LogP contribution in [0.5, 0.6) is 5.75 Å². The van der Waals surface area contributed by atoms with Crippen LogP contribution >= 0.6 is 0 Å². The van der Waals surface area contributed by atoms with E-state index in [1.807, 2.05) is 30.3 Å². The fourth-order valence-electron chi connectivity index (χ4n) is 4.60. The Balaban J connectivity index is 1.44. The number of aromatic nitrogens is 3. The van der Waals surface area contributed by atoms with E-state index in [1.54, 1.807) is 30.5 Å². The number of carbonyl (C=O) groups excluding carboxylic acids is 1. The molecule has 1 aliphatic rings. The van der Waals surface area contributed by atoms with Crippen LogP contribution < -0.4 is 4.74 Å². The van der Waals surface area contributed by atoms with Crippen LogP contribution in [0.1, 0.15) is 17.5 Å². The van der Waals surface area contributed by atoms with Crippen molar-refractivity contribution in [3.63, 3.8) is 0 Å². The van der Waals surface area contributed by atoms with Crippen LogP contribution in [-0.4, -0.2) is 47.3 Å². The van der Waals surface area contributed by atoms with Gasteiger partial charge in [-0.15, -0.1) is 5.10 Å². The Hall–Kier alpha value is -4.05. The number of benzene rings is 3. The molecule has 0 radical (unpaired) electrons. The molecule has 1 aliphatic heterocycles. The molecule has 1 fully saturated rings. The van der Waals surface area contributed by atoms with E-state index in [2.05, 4.69) is 10.3 Å². The lowest BCUT2D eigenvalue weighted by Gasteiger charge is -2.30. The summed E-state index contributed by atoms with van der Waals surface area (Å²) >= 11 is 0. The zero-order chi connectivity index (χ0) is 25.9. The summed E-state index contributed by atoms with van der Waals surface area (Å²) in [6.07, 6.45) is 3.24. The van der Waals surface area contributed by atoms with Gasteiger partial charge in [0.15, 0.2) is 9.84 Å². The van der Waals surface area contributed by atoms with Gasteiger partial charge >= 0.3 is 0 Å². The topological polar surface area (TPSA) is 94.4 Å². The van der Waals surface area contributed by atoms with Crippen LogP contribution in [0.2, 0.25) is 0 Å². The third-order valence-electron chi connectivity index (χ3n) is 6.62. The highest BCUT2D eigenvalue weighted by Gasteiger charge is 2.52. The van der Waals surface area contributed by atoms with Crippen molar-refractivity contribution < 1.29 is 22.3 Å². The van der Waals surface area contributed by atoms with Crippen molar-refractivity contribution in [2.75, 3.05) is 13.1 Å². The standard InChI is InChI=1S/C27H25FN4O4S/c28-23-8-12-25(13-9-23)37(34,35)27(14-16-31(20-27)26(33)18-32-17-15-29-30-32)22-6-10-24(11-7-22)36-19-21-4-2-1-3-5-21/h1-13,15,17H,14,16,18-20H2. The largest absolute Gasteiger partial charge is 0.489 e. The van der Waals surface area contributed by atoms with E-state index in [0.717, 1.165) is 17.7 Å². The summed E-state index contributed by atoms with van der Waals surface area (Å²) in [6, 6.07) is 21.4. The van der Waals surface area contributed by atoms with Gasteiger partial charge in [0.25, 0.3) is 0 Å². The second-order valence-electron chi connectivity index (χ2n) is 8.92. The SMILES string of the molecule is O=C(Cn1ccnn1)N1CCC(c2ccc(OCc3ccccc3)cc2)(S(=O)(=O)c2ccc(F)cc2)C1. The summed E-state index contributed by atoms with van der Waals surface area (Å²) in [6.45, 7) is 0.549. The Bertz CT molecular complexity index is 1460. The zero-order valence-electron chi connectivity index (χ0n) is 19.9. The predicted molar refractivity (Wildman–Crippen MR) is 134 cm³/mol. The molecule has 0 spiro atoms. The summed E-state index contributed by atoms with van der Waals surface area (Å²) in [7, 11) is -4.00. The molecular formula is C27H25FN4O4S. The minimum absolute atomic E-state index is 0.00359. The molecule has 5 rings (SSSR count). The van der Waals surface area contributed by atoms with Gasteiger partial charge in [0, 0.05) is 19.3 Å². The van der Waals surface area contributed by atoms with Gasteiger partial charge in [-0.3, -0.25) is 4.79 Å². The summed E-state index contributed by atoms with van der Waals surface area (Å²) in [5.74, 6) is -0.187. The summed E-state index contributed by atoms with van der Waals surface area (Å²) in [4.78, 5) is 14.5. The van der Waals surface area contributed by atoms with Crippen molar-refractivity contribution in [3.8, 4) is 5.75 Å². The minimum atomic E-state index is -4.00. The minimum Gasteiger partial charge on any atom is -0.489 e. The third-order valence-corrected chi connectivity index (χ3v) is 9.11. The van der Waals surface area contributed by atoms with Crippen molar-refractivity contribution >= 4 is 15.7 Å². The number of hydrogen-bond donors (Lipinski definition) is 0. The molecule has 0 N–H and O–H groups in total. The Morgan fingerprint density at radius 2 is 1.73 bits per heavy atom. The van der Waals surface area contributed by atoms with Gasteiger partial charge in [0.05, 0.1) is 11.1 Å². The molecule has 37 heavy (non-hydrogen) atoms. The Morgan fingerprint density at radius 3 is 2.41 bits per heavy atom. The maximum atomic E-state index is 14.0. The predicted octanol–water partition coefficient (Wildman–Crippen LogP) is 3.60. The Labute approximate surface area is 214 Å². The van der Waals surface area contributed by atoms with Crippen molar-refractivity contribution in [1.29, 1.82) is 0 Å². The molecule has 1 amide bonds. The van der Waals surface area contributed by atoms with Crippen LogP contribution in [0.3, 0.4) is 0 Å². The van der Waals surface area contributed by atoms with Crippen molar-refractivity contribution in [2.24, 2.45) is 0 Å². The highest BCUT2D eigenvalue weighted by atomic mass is 32.2. The number of likely N-dealkylation sites (tertiary alicyclic amines) is 1. The monoisotopic (exact) mass is 520 g/mol. The molecule has 0 bridgehead atoms. The number of hydrogen-bond acceptors (Lipinski definition) is 6. The van der Waals surface area contributed by atoms with Crippen molar-refractivity contribution in [2.45, 2.75) is 29.2 Å². The number of amides is 1. The molecule has 2 heterocycles. The van der Waals surface area contributed by atoms with Crippen molar-refractivity contribution in [3.05, 3.63) is 108 Å². The number of rotatable bonds is 8. The molecule has 8 nitrogen and oxygen atoms in total. The number of sulfone groups is 1. The lowest BCUT2D eigenvalue weighted by molar-refractivity contribution is -0.131. The highest BCUT2D eigenvalue weighted by molar-refractivity contribution is 7.92. The summed E-state index contributed by atoms with van der Waals surface area (Å²) in [5.41, 5.74) is 1.55. The first-order chi connectivity index (χ1) is 17.9. The number of ether oxygens (including phenoxy) is 1. The van der Waals surface area contributed by atoms with Crippen molar-refractivity contribution in [1.82, 2.24) is 19.9 Å². The molecule has 3 aromatic carbocycles. The molecule has 1 unspecified atom stereocenters. The van der Waals surface area contributed by atoms with Gasteiger partial charge in [-0.25, -0.2) is 17.5 Å². The van der Waals surface area contributed by atoms with Gasteiger partial charge in [-0.1, -0.05) is 47.7 Å². The first kappa shape index (κ1) is 24.6. The average Bonchev–Trinajstić information content (AvgIpc) is 3.60. The highest BCUT2D eigenvalue weighted by Crippen LogP contribution is 2.44. The quantitative estimate of drug-likeness (QED) is 0.330. The number of nitrogens with zero attached hydrogens (tertiary/aromatic N) is 4. The molecule has 1 saturated heterocycles. The Morgan fingerprint density at radius 1 is 1.00 bits per heavy atom. The zero-order valence-corrected chi connectivity index (χ0v) is 20.7. The van der Waals surface area contributed by atoms with E-state index in [0.29, 0.717) is 17.9 Å². The fraction of sp³-hybridized carbons (Fsp3) is 0.222. The number of halogens is 1. The molecule has 4 aromatic rings. The summed E-state index contributed by atoms with van der Waals surface area (Å²) < 4.78 is 47.5. The van der Waals surface area contributed by atoms with E-state index in [-0.39, 0.29) is 36.9 Å². The van der Waals surface area contributed by atoms with Crippen LogP contribution in [0.15, 0.2) is 96.2 Å². The molecule has 1 atom stereocenters. The molecule has 0 saturated carbocycles. The second-order valence-corrected chi connectivity index (χ2v) is 11.2. The van der Waals surface area contributed by atoms with E-state index in [9.17, 15) is 17.6 Å². The summed E-state index contributed by atoms with van der Waals surface area (Å²) in [5, 5.41) is 7.54. The third kappa shape index (κ3) is 4.97. The molecule has 1 aromatic heterocycles. The maximum absolute atomic E-state index is 14.0. The van der Waals surface area contributed by atoms with Gasteiger partial charge in [0.2, 0.25) is 5.91 Å². The lowest BCUT2D eigenvalue weighted by Crippen LogP contribution is -2.41. The van der Waals surface area contributed by atoms with Crippen LogP contribution in [0.25, 0.3) is 0 Å². The van der Waals surface area contributed by atoms with Crippen LogP contribution in [0.4, 0.5) is 4.39 Å². The van der Waals surface area contributed by atoms with Gasteiger partial charge < -0.3 is 9.64 Å². The first-order valence-corrected chi connectivity index (χ1v) is 13.3. The second kappa shape index (κ2) is 10.1. The smallest absolute Gasteiger partial charge is 0.244 e. The average molecular weight is 521 g/mol. The van der Waals surface area contributed by atoms with E-state index in [4.69, 9.17) is 4.74 Å². The first-order valence-electron chi connectivity index (χ1n) is 11.8. The van der Waals surface area contributed by atoms with Gasteiger partial charge in [0.1, 0.15) is 29.5 Å². The fourth-order valence-corrected chi connectivity index (χ4v) is 6.67. The van der Waals surface area contributed by atoms with Gasteiger partial charge in [-0.05, 0) is 53.9 Å². The molecule has 0 aliphatic carbocycles. The number of carbonyl (C=O) groups is 1. The normalized spacial score (nSPS) is 17.6. The Kier molecular flexibility index (Phi) is 6.75. The van der Waals surface area contributed by atoms with E-state index in [1.165, 1.54) is 27.9 Å². The molecule has 10 heteroatoms. The maximum Gasteiger partial charge on any atom is 0.244 e. The van der Waals surface area contributed by atoms with Gasteiger partial charge in [-0.2, -0.15) is 0 Å². The van der Waals surface area contributed by atoms with Crippen LogP contribution in [0, 0.1) is 5.82 Å². The molecule has 190 valence electrons.